The Balaban J connectivity index is 1.92. The molecule has 2 aliphatic rings. The molecule has 2 heterocycles. The first-order valence-corrected chi connectivity index (χ1v) is 6.58. The summed E-state index contributed by atoms with van der Waals surface area (Å²) in [6.07, 6.45) is 8.52. The Morgan fingerprint density at radius 2 is 2.11 bits per heavy atom. The van der Waals surface area contributed by atoms with E-state index < -0.39 is 0 Å². The van der Waals surface area contributed by atoms with Crippen molar-refractivity contribution in [2.24, 2.45) is 5.92 Å². The third-order valence-corrected chi connectivity index (χ3v) is 4.12. The molecule has 1 saturated carbocycles. The first kappa shape index (κ1) is 11.7. The molecule has 0 aromatic carbocycles. The summed E-state index contributed by atoms with van der Waals surface area (Å²) in [6, 6.07) is 0. The van der Waals surface area contributed by atoms with Gasteiger partial charge in [0.2, 0.25) is 0 Å². The summed E-state index contributed by atoms with van der Waals surface area (Å²) in [5.41, 5.74) is 1.84. The lowest BCUT2D eigenvalue weighted by Gasteiger charge is -2.27. The van der Waals surface area contributed by atoms with E-state index in [1.165, 1.54) is 32.1 Å². The molecule has 1 aliphatic heterocycles. The summed E-state index contributed by atoms with van der Waals surface area (Å²) in [4.78, 5) is 14.8. The number of rotatable bonds is 2. The Labute approximate surface area is 106 Å². The zero-order valence-corrected chi connectivity index (χ0v) is 10.3. The van der Waals surface area contributed by atoms with Crippen LogP contribution in [-0.4, -0.2) is 16.4 Å². The molecule has 1 atom stereocenters. The Morgan fingerprint density at radius 1 is 1.33 bits per heavy atom. The zero-order valence-electron chi connectivity index (χ0n) is 10.3. The van der Waals surface area contributed by atoms with Crippen LogP contribution in [-0.2, 0) is 11.3 Å². The maximum Gasteiger partial charge on any atom is 0.172 e. The minimum atomic E-state index is 0.000749. The van der Waals surface area contributed by atoms with Crippen LogP contribution in [0.1, 0.15) is 59.8 Å². The maximum absolute atomic E-state index is 10.7. The van der Waals surface area contributed by atoms with E-state index in [1.54, 1.807) is 6.20 Å². The molecule has 0 spiro atoms. The molecule has 1 N–H and O–H groups in total. The van der Waals surface area contributed by atoms with Gasteiger partial charge in [-0.15, -0.1) is 0 Å². The van der Waals surface area contributed by atoms with E-state index in [4.69, 9.17) is 4.74 Å². The van der Waals surface area contributed by atoms with Gasteiger partial charge >= 0.3 is 0 Å². The zero-order chi connectivity index (χ0) is 12.5. The molecule has 0 radical (unpaired) electrons. The molecule has 4 nitrogen and oxygen atoms in total. The lowest BCUT2D eigenvalue weighted by molar-refractivity contribution is 0.0102. The van der Waals surface area contributed by atoms with Crippen molar-refractivity contribution in [2.45, 2.75) is 44.8 Å². The van der Waals surface area contributed by atoms with Gasteiger partial charge in [0.25, 0.3) is 0 Å². The highest BCUT2D eigenvalue weighted by Crippen LogP contribution is 2.44. The number of hydrogen-bond donors (Lipinski definition) is 1. The number of nitrogens with zero attached hydrogens (tertiary/aromatic N) is 1. The first-order chi connectivity index (χ1) is 8.81. The van der Waals surface area contributed by atoms with Gasteiger partial charge in [-0.1, -0.05) is 19.3 Å². The van der Waals surface area contributed by atoms with Gasteiger partial charge in [-0.25, -0.2) is 4.98 Å². The molecule has 1 aromatic heterocycles. The van der Waals surface area contributed by atoms with Gasteiger partial charge in [-0.3, -0.25) is 4.79 Å². The number of aldehydes is 1. The van der Waals surface area contributed by atoms with Crippen molar-refractivity contribution >= 4 is 6.29 Å². The van der Waals surface area contributed by atoms with Crippen LogP contribution < -0.4 is 0 Å². The van der Waals surface area contributed by atoms with Gasteiger partial charge in [-0.2, -0.15) is 0 Å². The molecule has 1 unspecified atom stereocenters. The molecule has 4 heteroatoms. The Bertz CT molecular complexity index is 466. The third kappa shape index (κ3) is 1.81. The van der Waals surface area contributed by atoms with Crippen molar-refractivity contribution < 1.29 is 14.6 Å². The smallest absolute Gasteiger partial charge is 0.172 e. The summed E-state index contributed by atoms with van der Waals surface area (Å²) in [5, 5.41) is 9.95. The van der Waals surface area contributed by atoms with E-state index >= 15 is 0 Å². The van der Waals surface area contributed by atoms with Gasteiger partial charge in [0.1, 0.15) is 11.4 Å². The van der Waals surface area contributed by atoms with Gasteiger partial charge < -0.3 is 9.84 Å². The molecule has 0 bridgehead atoms. The van der Waals surface area contributed by atoms with Crippen molar-refractivity contribution in [3.8, 4) is 5.75 Å². The maximum atomic E-state index is 10.7. The van der Waals surface area contributed by atoms with E-state index in [1.807, 2.05) is 0 Å². The summed E-state index contributed by atoms with van der Waals surface area (Å²) < 4.78 is 5.83. The van der Waals surface area contributed by atoms with Crippen molar-refractivity contribution in [1.29, 1.82) is 0 Å². The Kier molecular flexibility index (Phi) is 3.04. The average Bonchev–Trinajstić information content (AvgIpc) is 2.85. The van der Waals surface area contributed by atoms with Crippen LogP contribution in [0, 0.1) is 5.92 Å². The van der Waals surface area contributed by atoms with Crippen LogP contribution in [0.3, 0.4) is 0 Å². The first-order valence-electron chi connectivity index (χ1n) is 6.58. The van der Waals surface area contributed by atoms with Gasteiger partial charge in [0.05, 0.1) is 12.7 Å². The standard InChI is InChI=1S/C14H17NO3/c16-7-12-13(17)11-8-18-14(10(11)6-15-12)9-4-2-1-3-5-9/h6-7,9,14,17H,1-5,8H2. The molecule has 1 fully saturated rings. The van der Waals surface area contributed by atoms with Crippen LogP contribution in [0.4, 0.5) is 0 Å². The van der Waals surface area contributed by atoms with E-state index in [9.17, 15) is 9.90 Å². The average molecular weight is 247 g/mol. The fraction of sp³-hybridized carbons (Fsp3) is 0.571. The van der Waals surface area contributed by atoms with Crippen LogP contribution in [0.2, 0.25) is 0 Å². The van der Waals surface area contributed by atoms with Crippen molar-refractivity contribution in [3.63, 3.8) is 0 Å². The fourth-order valence-corrected chi connectivity index (χ4v) is 3.14. The van der Waals surface area contributed by atoms with Crippen LogP contribution >= 0.6 is 0 Å². The van der Waals surface area contributed by atoms with Gasteiger partial charge in [-0.05, 0) is 18.8 Å². The summed E-state index contributed by atoms with van der Waals surface area (Å²) in [5.74, 6) is 0.532. The number of carbonyl (C=O) groups is 1. The number of aromatic hydroxyl groups is 1. The Morgan fingerprint density at radius 3 is 2.83 bits per heavy atom. The molecule has 1 aliphatic carbocycles. The number of carbonyl (C=O) groups excluding carboxylic acids is 1. The predicted molar refractivity (Wildman–Crippen MR) is 65.4 cm³/mol. The van der Waals surface area contributed by atoms with Crippen LogP contribution in [0.15, 0.2) is 6.20 Å². The summed E-state index contributed by atoms with van der Waals surface area (Å²) in [6.45, 7) is 0.395. The van der Waals surface area contributed by atoms with Crippen LogP contribution in [0.5, 0.6) is 5.75 Å². The lowest BCUT2D eigenvalue weighted by Crippen LogP contribution is -2.15. The second-order valence-corrected chi connectivity index (χ2v) is 5.17. The summed E-state index contributed by atoms with van der Waals surface area (Å²) in [7, 11) is 0. The normalized spacial score (nSPS) is 23.9. The third-order valence-electron chi connectivity index (χ3n) is 4.12. The van der Waals surface area contributed by atoms with Gasteiger partial charge in [0, 0.05) is 17.3 Å². The summed E-state index contributed by atoms with van der Waals surface area (Å²) >= 11 is 0. The molecule has 18 heavy (non-hydrogen) atoms. The number of fused-ring (bicyclic) bond motifs is 1. The quantitative estimate of drug-likeness (QED) is 0.816. The Hall–Kier alpha value is -1.42. The van der Waals surface area contributed by atoms with Crippen molar-refractivity contribution in [3.05, 3.63) is 23.0 Å². The number of ether oxygens (including phenoxy) is 1. The second kappa shape index (κ2) is 4.69. The SMILES string of the molecule is O=Cc1ncc2c(c1O)COC2C1CCCCC1. The van der Waals surface area contributed by atoms with Gasteiger partial charge in [0.15, 0.2) is 6.29 Å². The highest BCUT2D eigenvalue weighted by molar-refractivity contribution is 5.77. The molecular formula is C14H17NO3. The van der Waals surface area contributed by atoms with E-state index in [0.29, 0.717) is 18.8 Å². The monoisotopic (exact) mass is 247 g/mol. The molecule has 0 saturated heterocycles. The number of hydrogen-bond acceptors (Lipinski definition) is 4. The minimum absolute atomic E-state index is 0.000749. The molecular weight excluding hydrogens is 230 g/mol. The molecule has 96 valence electrons. The molecule has 1 aromatic rings. The largest absolute Gasteiger partial charge is 0.505 e. The topological polar surface area (TPSA) is 59.4 Å². The lowest BCUT2D eigenvalue weighted by atomic mass is 9.83. The van der Waals surface area contributed by atoms with E-state index in [2.05, 4.69) is 4.98 Å². The number of pyridine rings is 1. The predicted octanol–water partition coefficient (Wildman–Crippen LogP) is 2.75. The van der Waals surface area contributed by atoms with Crippen molar-refractivity contribution in [1.82, 2.24) is 4.98 Å². The van der Waals surface area contributed by atoms with E-state index in [0.717, 1.165) is 11.1 Å². The minimum Gasteiger partial charge on any atom is -0.505 e. The highest BCUT2D eigenvalue weighted by Gasteiger charge is 2.34. The van der Waals surface area contributed by atoms with Crippen molar-refractivity contribution in [2.75, 3.05) is 0 Å². The van der Waals surface area contributed by atoms with Crippen LogP contribution in [0.25, 0.3) is 0 Å². The molecule has 0 amide bonds. The molecule has 3 rings (SSSR count). The van der Waals surface area contributed by atoms with E-state index in [-0.39, 0.29) is 17.5 Å². The highest BCUT2D eigenvalue weighted by atomic mass is 16.5. The fourth-order valence-electron chi connectivity index (χ4n) is 3.14. The number of aromatic nitrogens is 1. The second-order valence-electron chi connectivity index (χ2n) is 5.17.